The van der Waals surface area contributed by atoms with Crippen LogP contribution in [0, 0.1) is 12.3 Å². The lowest BCUT2D eigenvalue weighted by Crippen LogP contribution is -2.25. The van der Waals surface area contributed by atoms with Crippen LogP contribution in [0.1, 0.15) is 24.6 Å². The molecule has 92 valence electrons. The van der Waals surface area contributed by atoms with Gasteiger partial charge in [0.15, 0.2) is 0 Å². The summed E-state index contributed by atoms with van der Waals surface area (Å²) in [4.78, 5) is 6.49. The van der Waals surface area contributed by atoms with Crippen molar-refractivity contribution < 1.29 is 0 Å². The molecule has 0 aromatic carbocycles. The maximum Gasteiger partial charge on any atom is 0.0573 e. The van der Waals surface area contributed by atoms with Gasteiger partial charge in [0.25, 0.3) is 0 Å². The van der Waals surface area contributed by atoms with E-state index in [0.717, 1.165) is 24.4 Å². The van der Waals surface area contributed by atoms with E-state index in [1.807, 2.05) is 38.4 Å². The molecule has 1 rings (SSSR count). The first kappa shape index (κ1) is 13.6. The lowest BCUT2D eigenvalue weighted by molar-refractivity contribution is 0.366. The summed E-state index contributed by atoms with van der Waals surface area (Å²) in [5.74, 6) is 0. The molecule has 0 saturated carbocycles. The van der Waals surface area contributed by atoms with Gasteiger partial charge in [0.2, 0.25) is 0 Å². The number of rotatable bonds is 6. The van der Waals surface area contributed by atoms with Gasteiger partial charge in [-0.2, -0.15) is 0 Å². The fraction of sp³-hybridized carbons (Fsp3) is 0.429. The maximum atomic E-state index is 7.83. The van der Waals surface area contributed by atoms with E-state index < -0.39 is 0 Å². The molecule has 0 unspecified atom stereocenters. The summed E-state index contributed by atoms with van der Waals surface area (Å²) < 4.78 is 0. The van der Waals surface area contributed by atoms with Crippen molar-refractivity contribution in [2.24, 2.45) is 0 Å². The Bertz CT molecular complexity index is 396. The van der Waals surface area contributed by atoms with Gasteiger partial charge in [-0.1, -0.05) is 18.2 Å². The van der Waals surface area contributed by atoms with Gasteiger partial charge in [0.05, 0.1) is 5.69 Å². The van der Waals surface area contributed by atoms with Gasteiger partial charge < -0.3 is 5.41 Å². The minimum atomic E-state index is 0.695. The molecule has 17 heavy (non-hydrogen) atoms. The lowest BCUT2D eigenvalue weighted by Gasteiger charge is -2.17. The van der Waals surface area contributed by atoms with E-state index in [-0.39, 0.29) is 0 Å². The highest BCUT2D eigenvalue weighted by molar-refractivity contribution is 5.84. The SMILES string of the molecule is C/C=C\CC(=N)CN(C)Cc1ncccc1C. The van der Waals surface area contributed by atoms with Gasteiger partial charge in [0.1, 0.15) is 0 Å². The highest BCUT2D eigenvalue weighted by Gasteiger charge is 2.05. The van der Waals surface area contributed by atoms with Crippen LogP contribution in [0.3, 0.4) is 0 Å². The molecule has 1 aromatic heterocycles. The van der Waals surface area contributed by atoms with E-state index in [9.17, 15) is 0 Å². The molecule has 0 spiro atoms. The Morgan fingerprint density at radius 2 is 2.29 bits per heavy atom. The lowest BCUT2D eigenvalue weighted by atomic mass is 10.2. The van der Waals surface area contributed by atoms with Crippen molar-refractivity contribution in [1.29, 1.82) is 5.41 Å². The van der Waals surface area contributed by atoms with Crippen molar-refractivity contribution >= 4 is 5.71 Å². The zero-order chi connectivity index (χ0) is 12.7. The number of nitrogens with one attached hydrogen (secondary N) is 1. The largest absolute Gasteiger partial charge is 0.308 e. The molecule has 0 aliphatic rings. The van der Waals surface area contributed by atoms with Crippen molar-refractivity contribution in [3.63, 3.8) is 0 Å². The van der Waals surface area contributed by atoms with Crippen LogP contribution in [-0.4, -0.2) is 29.2 Å². The van der Waals surface area contributed by atoms with Crippen LogP contribution in [0.2, 0.25) is 0 Å². The molecule has 0 fully saturated rings. The van der Waals surface area contributed by atoms with E-state index in [2.05, 4.69) is 22.9 Å². The van der Waals surface area contributed by atoms with Gasteiger partial charge in [-0.25, -0.2) is 0 Å². The first-order chi connectivity index (χ1) is 8.13. The summed E-state index contributed by atoms with van der Waals surface area (Å²) in [5.41, 5.74) is 3.03. The highest BCUT2D eigenvalue weighted by Crippen LogP contribution is 2.06. The smallest absolute Gasteiger partial charge is 0.0573 e. The number of nitrogens with zero attached hydrogens (tertiary/aromatic N) is 2. The Kier molecular flexibility index (Phi) is 5.57. The molecule has 0 aliphatic carbocycles. The molecule has 0 bridgehead atoms. The molecule has 0 amide bonds. The van der Waals surface area contributed by atoms with Crippen LogP contribution in [0.4, 0.5) is 0 Å². The molecule has 1 aromatic rings. The standard InChI is InChI=1S/C14H21N3/c1-4-5-8-13(15)10-17(3)11-14-12(2)7-6-9-16-14/h4-7,9,15H,8,10-11H2,1-3H3/b5-4-,15-13?. The molecule has 0 atom stereocenters. The molecule has 3 nitrogen and oxygen atoms in total. The topological polar surface area (TPSA) is 40.0 Å². The minimum absolute atomic E-state index is 0.695. The molecule has 3 heteroatoms. The molecule has 1 heterocycles. The Morgan fingerprint density at radius 1 is 1.53 bits per heavy atom. The molecule has 0 saturated heterocycles. The number of aromatic nitrogens is 1. The average Bonchev–Trinajstić information content (AvgIpc) is 2.29. The normalized spacial score (nSPS) is 11.3. The van der Waals surface area contributed by atoms with E-state index in [4.69, 9.17) is 5.41 Å². The van der Waals surface area contributed by atoms with Crippen LogP contribution >= 0.6 is 0 Å². The van der Waals surface area contributed by atoms with Crippen LogP contribution in [0.5, 0.6) is 0 Å². The summed E-state index contributed by atoms with van der Waals surface area (Å²) in [5, 5.41) is 7.83. The Labute approximate surface area is 104 Å². The second-order valence-electron chi connectivity index (χ2n) is 4.32. The zero-order valence-electron chi connectivity index (χ0n) is 10.9. The number of aryl methyl sites for hydroxylation is 1. The number of hydrogen-bond donors (Lipinski definition) is 1. The highest BCUT2D eigenvalue weighted by atomic mass is 15.1. The average molecular weight is 231 g/mol. The first-order valence-electron chi connectivity index (χ1n) is 5.90. The van der Waals surface area contributed by atoms with Gasteiger partial charge in [-0.15, -0.1) is 0 Å². The van der Waals surface area contributed by atoms with Gasteiger partial charge in [0, 0.05) is 31.4 Å². The first-order valence-corrected chi connectivity index (χ1v) is 5.90. The third-order valence-corrected chi connectivity index (χ3v) is 2.60. The van der Waals surface area contributed by atoms with Crippen molar-refractivity contribution in [3.05, 3.63) is 41.7 Å². The molecule has 0 radical (unpaired) electrons. The van der Waals surface area contributed by atoms with Gasteiger partial charge in [-0.05, 0) is 32.5 Å². The van der Waals surface area contributed by atoms with E-state index in [1.54, 1.807) is 0 Å². The Morgan fingerprint density at radius 3 is 2.94 bits per heavy atom. The minimum Gasteiger partial charge on any atom is -0.308 e. The third-order valence-electron chi connectivity index (χ3n) is 2.60. The Hall–Kier alpha value is -1.48. The van der Waals surface area contributed by atoms with E-state index in [1.165, 1.54) is 5.56 Å². The number of allylic oxidation sites excluding steroid dienone is 2. The zero-order valence-corrected chi connectivity index (χ0v) is 10.9. The Balaban J connectivity index is 2.47. The number of hydrogen-bond acceptors (Lipinski definition) is 3. The fourth-order valence-electron chi connectivity index (χ4n) is 1.65. The molecular formula is C14H21N3. The van der Waals surface area contributed by atoms with Crippen LogP contribution in [0.15, 0.2) is 30.5 Å². The van der Waals surface area contributed by atoms with Crippen molar-refractivity contribution in [3.8, 4) is 0 Å². The van der Waals surface area contributed by atoms with E-state index >= 15 is 0 Å². The summed E-state index contributed by atoms with van der Waals surface area (Å²) in [6.07, 6.45) is 6.56. The van der Waals surface area contributed by atoms with Crippen LogP contribution in [-0.2, 0) is 6.54 Å². The second kappa shape index (κ2) is 6.97. The monoisotopic (exact) mass is 231 g/mol. The third kappa shape index (κ3) is 4.91. The molecule has 1 N–H and O–H groups in total. The molecule has 0 aliphatic heterocycles. The quantitative estimate of drug-likeness (QED) is 0.604. The summed E-state index contributed by atoms with van der Waals surface area (Å²) in [7, 11) is 2.03. The van der Waals surface area contributed by atoms with E-state index in [0.29, 0.717) is 6.54 Å². The van der Waals surface area contributed by atoms with Crippen LogP contribution in [0.25, 0.3) is 0 Å². The summed E-state index contributed by atoms with van der Waals surface area (Å²) in [6.45, 7) is 5.54. The second-order valence-corrected chi connectivity index (χ2v) is 4.32. The van der Waals surface area contributed by atoms with Gasteiger partial charge >= 0.3 is 0 Å². The van der Waals surface area contributed by atoms with Crippen molar-refractivity contribution in [2.75, 3.05) is 13.6 Å². The van der Waals surface area contributed by atoms with Gasteiger partial charge in [-0.3, -0.25) is 9.88 Å². The fourth-order valence-corrected chi connectivity index (χ4v) is 1.65. The van der Waals surface area contributed by atoms with Crippen LogP contribution < -0.4 is 0 Å². The summed E-state index contributed by atoms with van der Waals surface area (Å²) in [6, 6.07) is 4.02. The predicted octanol–water partition coefficient (Wildman–Crippen LogP) is 2.81. The van der Waals surface area contributed by atoms with Crippen molar-refractivity contribution in [2.45, 2.75) is 26.8 Å². The van der Waals surface area contributed by atoms with Crippen molar-refractivity contribution in [1.82, 2.24) is 9.88 Å². The number of pyridine rings is 1. The molecular weight excluding hydrogens is 210 g/mol. The summed E-state index contributed by atoms with van der Waals surface area (Å²) >= 11 is 0. The predicted molar refractivity (Wildman–Crippen MR) is 72.5 cm³/mol. The maximum absolute atomic E-state index is 7.83.